The molecule has 2 unspecified atom stereocenters. The minimum absolute atomic E-state index is 0.501. The maximum absolute atomic E-state index is 11.0. The number of hydrogen-bond donors (Lipinski definition) is 0. The van der Waals surface area contributed by atoms with Crippen LogP contribution in [0.1, 0.15) is 66.8 Å². The Morgan fingerprint density at radius 1 is 1.35 bits per heavy atom. The number of rotatable bonds is 3. The summed E-state index contributed by atoms with van der Waals surface area (Å²) in [5.74, 6) is 0.723. The first kappa shape index (κ1) is 12.3. The summed E-state index contributed by atoms with van der Waals surface area (Å²) in [6, 6.07) is 0.501. The Hall–Kier alpha value is -1.12. The van der Waals surface area contributed by atoms with Crippen molar-refractivity contribution < 1.29 is 4.79 Å². The van der Waals surface area contributed by atoms with Crippen LogP contribution in [0.4, 0.5) is 0 Å². The number of carbonyl (C=O) groups is 1. The van der Waals surface area contributed by atoms with Crippen LogP contribution in [-0.2, 0) is 0 Å². The highest BCUT2D eigenvalue weighted by Gasteiger charge is 2.27. The van der Waals surface area contributed by atoms with Gasteiger partial charge < -0.3 is 0 Å². The Bertz CT molecular complexity index is 409. The van der Waals surface area contributed by atoms with E-state index in [0.29, 0.717) is 6.04 Å². The molecule has 1 heterocycles. The van der Waals surface area contributed by atoms with Gasteiger partial charge in [0.05, 0.1) is 17.3 Å². The SMILES string of the molecule is CCC1CCCCC1n1nc(C)c(C=O)c1C. The second kappa shape index (κ2) is 5.03. The van der Waals surface area contributed by atoms with Crippen molar-refractivity contribution in [3.05, 3.63) is 17.0 Å². The molecule has 0 aromatic carbocycles. The quantitative estimate of drug-likeness (QED) is 0.751. The molecule has 0 saturated heterocycles. The van der Waals surface area contributed by atoms with Crippen LogP contribution in [0.25, 0.3) is 0 Å². The standard InChI is InChI=1S/C14H22N2O/c1-4-12-7-5-6-8-14(12)16-11(3)13(9-17)10(2)15-16/h9,12,14H,4-8H2,1-3H3. The highest BCUT2D eigenvalue weighted by Crippen LogP contribution is 2.36. The van der Waals surface area contributed by atoms with E-state index in [9.17, 15) is 4.79 Å². The fourth-order valence-corrected chi connectivity index (χ4v) is 3.16. The topological polar surface area (TPSA) is 34.9 Å². The average molecular weight is 234 g/mol. The zero-order valence-electron chi connectivity index (χ0n) is 11.1. The van der Waals surface area contributed by atoms with Gasteiger partial charge in [-0.05, 0) is 32.6 Å². The van der Waals surface area contributed by atoms with Crippen LogP contribution in [0.3, 0.4) is 0 Å². The summed E-state index contributed by atoms with van der Waals surface area (Å²) in [6.07, 6.45) is 7.29. The van der Waals surface area contributed by atoms with Gasteiger partial charge in [0.25, 0.3) is 0 Å². The molecule has 1 fully saturated rings. The summed E-state index contributed by atoms with van der Waals surface area (Å²) < 4.78 is 2.12. The molecule has 3 heteroatoms. The van der Waals surface area contributed by atoms with E-state index < -0.39 is 0 Å². The van der Waals surface area contributed by atoms with E-state index in [4.69, 9.17) is 0 Å². The van der Waals surface area contributed by atoms with Gasteiger partial charge in [0.2, 0.25) is 0 Å². The Morgan fingerprint density at radius 3 is 2.65 bits per heavy atom. The third-order valence-electron chi connectivity index (χ3n) is 4.21. The lowest BCUT2D eigenvalue weighted by Gasteiger charge is -2.31. The maximum atomic E-state index is 11.0. The largest absolute Gasteiger partial charge is 0.298 e. The third-order valence-corrected chi connectivity index (χ3v) is 4.21. The summed E-state index contributed by atoms with van der Waals surface area (Å²) in [5, 5.41) is 4.59. The van der Waals surface area contributed by atoms with Gasteiger partial charge in [-0.15, -0.1) is 0 Å². The van der Waals surface area contributed by atoms with Crippen molar-refractivity contribution in [2.75, 3.05) is 0 Å². The first-order valence-electron chi connectivity index (χ1n) is 6.69. The van der Waals surface area contributed by atoms with Crippen LogP contribution in [0.5, 0.6) is 0 Å². The van der Waals surface area contributed by atoms with Gasteiger partial charge in [0.15, 0.2) is 6.29 Å². The smallest absolute Gasteiger partial charge is 0.153 e. The van der Waals surface area contributed by atoms with Gasteiger partial charge >= 0.3 is 0 Å². The van der Waals surface area contributed by atoms with Gasteiger partial charge in [-0.3, -0.25) is 9.48 Å². The zero-order valence-corrected chi connectivity index (χ0v) is 11.1. The van der Waals surface area contributed by atoms with Crippen molar-refractivity contribution in [1.82, 2.24) is 9.78 Å². The van der Waals surface area contributed by atoms with E-state index in [0.717, 1.165) is 29.2 Å². The number of hydrogen-bond acceptors (Lipinski definition) is 2. The van der Waals surface area contributed by atoms with Gasteiger partial charge in [-0.2, -0.15) is 5.10 Å². The maximum Gasteiger partial charge on any atom is 0.153 e. The van der Waals surface area contributed by atoms with E-state index in [1.807, 2.05) is 13.8 Å². The lowest BCUT2D eigenvalue weighted by atomic mass is 9.83. The number of aryl methyl sites for hydroxylation is 1. The fourth-order valence-electron chi connectivity index (χ4n) is 3.16. The van der Waals surface area contributed by atoms with E-state index in [2.05, 4.69) is 16.7 Å². The summed E-state index contributed by atoms with van der Waals surface area (Å²) in [4.78, 5) is 11.0. The minimum atomic E-state index is 0.501. The first-order chi connectivity index (χ1) is 8.19. The molecule has 0 aliphatic heterocycles. The number of aldehydes is 1. The molecule has 0 spiro atoms. The lowest BCUT2D eigenvalue weighted by Crippen LogP contribution is -2.24. The number of carbonyl (C=O) groups excluding carboxylic acids is 1. The summed E-state index contributed by atoms with van der Waals surface area (Å²) in [6.45, 7) is 6.21. The van der Waals surface area contributed by atoms with Crippen molar-refractivity contribution in [2.45, 2.75) is 58.9 Å². The van der Waals surface area contributed by atoms with Crippen molar-refractivity contribution in [1.29, 1.82) is 0 Å². The number of nitrogens with zero attached hydrogens (tertiary/aromatic N) is 2. The van der Waals surface area contributed by atoms with Crippen LogP contribution in [0.2, 0.25) is 0 Å². The molecule has 1 aliphatic carbocycles. The summed E-state index contributed by atoms with van der Waals surface area (Å²) in [7, 11) is 0. The van der Waals surface area contributed by atoms with Gasteiger partial charge in [-0.25, -0.2) is 0 Å². The van der Waals surface area contributed by atoms with Crippen molar-refractivity contribution in [2.24, 2.45) is 5.92 Å². The van der Waals surface area contributed by atoms with Crippen molar-refractivity contribution in [3.8, 4) is 0 Å². The Kier molecular flexibility index (Phi) is 3.65. The van der Waals surface area contributed by atoms with Crippen LogP contribution in [0, 0.1) is 19.8 Å². The van der Waals surface area contributed by atoms with E-state index in [-0.39, 0.29) is 0 Å². The lowest BCUT2D eigenvalue weighted by molar-refractivity contribution is 0.112. The highest BCUT2D eigenvalue weighted by atomic mass is 16.1. The molecule has 17 heavy (non-hydrogen) atoms. The summed E-state index contributed by atoms with van der Waals surface area (Å²) in [5.41, 5.74) is 2.70. The van der Waals surface area contributed by atoms with Gasteiger partial charge in [0, 0.05) is 5.69 Å². The fraction of sp³-hybridized carbons (Fsp3) is 0.714. The normalized spacial score (nSPS) is 24.9. The monoisotopic (exact) mass is 234 g/mol. The highest BCUT2D eigenvalue weighted by molar-refractivity contribution is 5.78. The second-order valence-corrected chi connectivity index (χ2v) is 5.17. The molecule has 1 aromatic heterocycles. The molecule has 1 aromatic rings. The van der Waals surface area contributed by atoms with E-state index in [1.165, 1.54) is 32.1 Å². The predicted molar refractivity (Wildman–Crippen MR) is 68.4 cm³/mol. The van der Waals surface area contributed by atoms with Crippen LogP contribution in [0.15, 0.2) is 0 Å². The minimum Gasteiger partial charge on any atom is -0.298 e. The molecule has 0 amide bonds. The van der Waals surface area contributed by atoms with Crippen molar-refractivity contribution >= 4 is 6.29 Å². The summed E-state index contributed by atoms with van der Waals surface area (Å²) >= 11 is 0. The Balaban J connectivity index is 2.35. The van der Waals surface area contributed by atoms with Crippen LogP contribution in [-0.4, -0.2) is 16.1 Å². The molecule has 0 N–H and O–H groups in total. The molecule has 1 saturated carbocycles. The van der Waals surface area contributed by atoms with Crippen LogP contribution >= 0.6 is 0 Å². The molecule has 3 nitrogen and oxygen atoms in total. The van der Waals surface area contributed by atoms with Gasteiger partial charge in [0.1, 0.15) is 0 Å². The van der Waals surface area contributed by atoms with E-state index in [1.54, 1.807) is 0 Å². The van der Waals surface area contributed by atoms with E-state index >= 15 is 0 Å². The van der Waals surface area contributed by atoms with Crippen molar-refractivity contribution in [3.63, 3.8) is 0 Å². The predicted octanol–water partition coefficient (Wildman–Crippen LogP) is 3.45. The molecule has 2 atom stereocenters. The Morgan fingerprint density at radius 2 is 2.06 bits per heavy atom. The molecule has 1 aliphatic rings. The Labute approximate surface area is 103 Å². The molecular weight excluding hydrogens is 212 g/mol. The molecular formula is C14H22N2O. The molecule has 94 valence electrons. The number of aromatic nitrogens is 2. The molecule has 2 rings (SSSR count). The zero-order chi connectivity index (χ0) is 12.4. The molecule has 0 radical (unpaired) electrons. The van der Waals surface area contributed by atoms with Gasteiger partial charge in [-0.1, -0.05) is 26.2 Å². The van der Waals surface area contributed by atoms with Crippen LogP contribution < -0.4 is 0 Å². The average Bonchev–Trinajstić information content (AvgIpc) is 2.64. The second-order valence-electron chi connectivity index (χ2n) is 5.17. The third kappa shape index (κ3) is 2.15. The first-order valence-corrected chi connectivity index (χ1v) is 6.69. The molecule has 0 bridgehead atoms.